The smallest absolute Gasteiger partial charge is 0.0848 e. The molecule has 102 valence electrons. The van der Waals surface area contributed by atoms with Crippen LogP contribution in [0.4, 0.5) is 0 Å². The van der Waals surface area contributed by atoms with E-state index >= 15 is 0 Å². The van der Waals surface area contributed by atoms with E-state index in [0.717, 1.165) is 23.5 Å². The van der Waals surface area contributed by atoms with Gasteiger partial charge in [-0.2, -0.15) is 5.10 Å². The summed E-state index contributed by atoms with van der Waals surface area (Å²) in [5.74, 6) is 0. The van der Waals surface area contributed by atoms with E-state index in [4.69, 9.17) is 11.6 Å². The van der Waals surface area contributed by atoms with Crippen LogP contribution in [0.5, 0.6) is 0 Å². The second kappa shape index (κ2) is 6.17. The van der Waals surface area contributed by atoms with Gasteiger partial charge in [0.05, 0.1) is 22.5 Å². The number of halogens is 1. The number of aryl methyl sites for hydroxylation is 2. The highest BCUT2D eigenvalue weighted by Gasteiger charge is 2.16. The molecule has 0 aliphatic heterocycles. The molecule has 0 saturated heterocycles. The van der Waals surface area contributed by atoms with Gasteiger partial charge >= 0.3 is 0 Å². The van der Waals surface area contributed by atoms with Crippen LogP contribution in [0, 0.1) is 6.92 Å². The maximum atomic E-state index is 10.2. The Morgan fingerprint density at radius 2 is 2.00 bits per heavy atom. The van der Waals surface area contributed by atoms with Crippen molar-refractivity contribution in [3.63, 3.8) is 0 Å². The van der Waals surface area contributed by atoms with Gasteiger partial charge < -0.3 is 5.11 Å². The van der Waals surface area contributed by atoms with Crippen LogP contribution in [0.2, 0.25) is 5.02 Å². The summed E-state index contributed by atoms with van der Waals surface area (Å²) in [5.41, 5.74) is 2.79. The fraction of sp³-hybridized carbons (Fsp3) is 0.429. The van der Waals surface area contributed by atoms with Crippen molar-refractivity contribution >= 4 is 11.6 Å². The lowest BCUT2D eigenvalue weighted by atomic mass is 10.1. The fourth-order valence-corrected chi connectivity index (χ4v) is 2.36. The van der Waals surface area contributed by atoms with E-state index in [9.17, 15) is 5.11 Å². The summed E-state index contributed by atoms with van der Waals surface area (Å²) in [6.07, 6.45) is 4.09. The molecule has 0 aliphatic carbocycles. The molecule has 0 aromatic carbocycles. The van der Waals surface area contributed by atoms with Crippen molar-refractivity contribution in [3.05, 3.63) is 46.5 Å². The summed E-state index contributed by atoms with van der Waals surface area (Å²) >= 11 is 6.24. The van der Waals surface area contributed by atoms with Gasteiger partial charge in [0, 0.05) is 25.4 Å². The minimum Gasteiger partial charge on any atom is -0.392 e. The normalized spacial score (nSPS) is 12.6. The van der Waals surface area contributed by atoms with E-state index in [1.54, 1.807) is 12.4 Å². The molecule has 2 aromatic heterocycles. The molecule has 5 heteroatoms. The molecule has 1 N–H and O–H groups in total. The van der Waals surface area contributed by atoms with Crippen molar-refractivity contribution in [3.8, 4) is 0 Å². The summed E-state index contributed by atoms with van der Waals surface area (Å²) < 4.78 is 1.85. The summed E-state index contributed by atoms with van der Waals surface area (Å²) in [6.45, 7) is 4.65. The van der Waals surface area contributed by atoms with E-state index in [-0.39, 0.29) is 0 Å². The second-order valence-electron chi connectivity index (χ2n) is 4.58. The van der Waals surface area contributed by atoms with E-state index in [1.807, 2.05) is 30.7 Å². The summed E-state index contributed by atoms with van der Waals surface area (Å²) in [5, 5.41) is 15.2. The first kappa shape index (κ1) is 14.0. The van der Waals surface area contributed by atoms with Gasteiger partial charge in [0.1, 0.15) is 0 Å². The molecule has 19 heavy (non-hydrogen) atoms. The highest BCUT2D eigenvalue weighted by molar-refractivity contribution is 6.31. The first-order valence-corrected chi connectivity index (χ1v) is 6.78. The summed E-state index contributed by atoms with van der Waals surface area (Å²) in [6, 6.07) is 3.82. The van der Waals surface area contributed by atoms with Gasteiger partial charge in [0.15, 0.2) is 0 Å². The topological polar surface area (TPSA) is 50.9 Å². The fourth-order valence-electron chi connectivity index (χ4n) is 2.15. The number of hydrogen-bond acceptors (Lipinski definition) is 3. The van der Waals surface area contributed by atoms with E-state index in [0.29, 0.717) is 17.9 Å². The van der Waals surface area contributed by atoms with Crippen LogP contribution in [0.3, 0.4) is 0 Å². The Labute approximate surface area is 118 Å². The molecule has 0 fully saturated rings. The van der Waals surface area contributed by atoms with Crippen LogP contribution in [-0.2, 0) is 19.4 Å². The van der Waals surface area contributed by atoms with E-state index in [1.165, 1.54) is 0 Å². The Bertz CT molecular complexity index is 539. The third kappa shape index (κ3) is 3.33. The molecule has 0 aliphatic rings. The van der Waals surface area contributed by atoms with E-state index < -0.39 is 6.10 Å². The third-order valence-corrected chi connectivity index (χ3v) is 3.59. The number of aliphatic hydroxyl groups excluding tert-OH is 1. The Kier molecular flexibility index (Phi) is 4.56. The molecular formula is C14H18ClN3O. The number of aromatic nitrogens is 3. The molecular weight excluding hydrogens is 262 g/mol. The van der Waals surface area contributed by atoms with E-state index in [2.05, 4.69) is 10.1 Å². The van der Waals surface area contributed by atoms with Crippen LogP contribution in [0.15, 0.2) is 24.5 Å². The number of aliphatic hydroxyl groups is 1. The van der Waals surface area contributed by atoms with Crippen LogP contribution in [-0.4, -0.2) is 26.0 Å². The minimum atomic E-state index is -0.471. The highest BCUT2D eigenvalue weighted by atomic mass is 35.5. The average molecular weight is 280 g/mol. The first-order valence-electron chi connectivity index (χ1n) is 6.40. The monoisotopic (exact) mass is 279 g/mol. The van der Waals surface area contributed by atoms with Crippen molar-refractivity contribution < 1.29 is 5.11 Å². The molecule has 0 radical (unpaired) electrons. The second-order valence-corrected chi connectivity index (χ2v) is 4.96. The van der Waals surface area contributed by atoms with Crippen molar-refractivity contribution in [2.75, 3.05) is 0 Å². The minimum absolute atomic E-state index is 0.471. The quantitative estimate of drug-likeness (QED) is 0.914. The molecule has 1 unspecified atom stereocenters. The SMILES string of the molecule is CCn1nc(C)c(Cl)c1CC(O)Cc1ccncc1. The standard InChI is InChI=1S/C14H18ClN3O/c1-3-18-13(14(15)10(2)17-18)9-12(19)8-11-4-6-16-7-5-11/h4-7,12,19H,3,8-9H2,1-2H3. The van der Waals surface area contributed by atoms with Gasteiger partial charge in [0.2, 0.25) is 0 Å². The zero-order valence-electron chi connectivity index (χ0n) is 11.2. The molecule has 0 amide bonds. The van der Waals surface area contributed by atoms with Gasteiger partial charge in [-0.25, -0.2) is 0 Å². The lowest BCUT2D eigenvalue weighted by Gasteiger charge is -2.12. The van der Waals surface area contributed by atoms with Crippen LogP contribution >= 0.6 is 11.6 Å². The van der Waals surface area contributed by atoms with Gasteiger partial charge in [-0.05, 0) is 38.0 Å². The van der Waals surface area contributed by atoms with Gasteiger partial charge in [-0.15, -0.1) is 0 Å². The third-order valence-electron chi connectivity index (χ3n) is 3.10. The maximum absolute atomic E-state index is 10.2. The predicted octanol–water partition coefficient (Wildman–Crippen LogP) is 2.41. The highest BCUT2D eigenvalue weighted by Crippen LogP contribution is 2.22. The van der Waals surface area contributed by atoms with Gasteiger partial charge in [-0.1, -0.05) is 11.6 Å². The first-order chi connectivity index (χ1) is 9.11. The zero-order valence-corrected chi connectivity index (χ0v) is 11.9. The number of nitrogens with zero attached hydrogens (tertiary/aromatic N) is 3. The van der Waals surface area contributed by atoms with Gasteiger partial charge in [0.25, 0.3) is 0 Å². The molecule has 0 bridgehead atoms. The van der Waals surface area contributed by atoms with Crippen molar-refractivity contribution in [2.45, 2.75) is 39.3 Å². The molecule has 0 saturated carbocycles. The molecule has 2 rings (SSSR count). The van der Waals surface area contributed by atoms with Gasteiger partial charge in [-0.3, -0.25) is 9.67 Å². The van der Waals surface area contributed by atoms with Crippen LogP contribution in [0.1, 0.15) is 23.9 Å². The Morgan fingerprint density at radius 3 is 2.63 bits per heavy atom. The molecule has 2 aromatic rings. The van der Waals surface area contributed by atoms with Crippen molar-refractivity contribution in [1.29, 1.82) is 0 Å². The summed E-state index contributed by atoms with van der Waals surface area (Å²) in [7, 11) is 0. The molecule has 1 atom stereocenters. The largest absolute Gasteiger partial charge is 0.392 e. The zero-order chi connectivity index (χ0) is 13.8. The van der Waals surface area contributed by atoms with Crippen LogP contribution in [0.25, 0.3) is 0 Å². The van der Waals surface area contributed by atoms with Crippen molar-refractivity contribution in [1.82, 2.24) is 14.8 Å². The average Bonchev–Trinajstić information content (AvgIpc) is 2.67. The number of pyridine rings is 1. The lowest BCUT2D eigenvalue weighted by Crippen LogP contribution is -2.17. The Morgan fingerprint density at radius 1 is 1.32 bits per heavy atom. The number of rotatable bonds is 5. The maximum Gasteiger partial charge on any atom is 0.0848 e. The molecule has 0 spiro atoms. The lowest BCUT2D eigenvalue weighted by molar-refractivity contribution is 0.172. The summed E-state index contributed by atoms with van der Waals surface area (Å²) in [4.78, 5) is 3.96. The molecule has 2 heterocycles. The Hall–Kier alpha value is -1.39. The molecule has 4 nitrogen and oxygen atoms in total. The van der Waals surface area contributed by atoms with Crippen LogP contribution < -0.4 is 0 Å². The van der Waals surface area contributed by atoms with Crippen molar-refractivity contribution in [2.24, 2.45) is 0 Å². The number of hydrogen-bond donors (Lipinski definition) is 1. The predicted molar refractivity (Wildman–Crippen MR) is 75.3 cm³/mol. The Balaban J connectivity index is 2.09.